The summed E-state index contributed by atoms with van der Waals surface area (Å²) in [5.74, 6) is 0.634. The Morgan fingerprint density at radius 1 is 1.29 bits per heavy atom. The SMILES string of the molecule is CC[C@H](NC(=O)c1cn2ccc(C)cc2n1)c1ccc(OC)cc1. The molecule has 0 saturated carbocycles. The molecule has 24 heavy (non-hydrogen) atoms. The maximum atomic E-state index is 12.6. The fourth-order valence-corrected chi connectivity index (χ4v) is 2.68. The molecule has 1 aromatic carbocycles. The fourth-order valence-electron chi connectivity index (χ4n) is 2.68. The van der Waals surface area contributed by atoms with Crippen LogP contribution in [0.1, 0.15) is 41.0 Å². The van der Waals surface area contributed by atoms with Gasteiger partial charge in [-0.1, -0.05) is 19.1 Å². The smallest absolute Gasteiger partial charge is 0.271 e. The number of aromatic nitrogens is 2. The number of nitrogens with zero attached hydrogens (tertiary/aromatic N) is 2. The molecule has 0 aliphatic heterocycles. The number of pyridine rings is 1. The first kappa shape index (κ1) is 16.1. The molecular weight excluding hydrogens is 302 g/mol. The summed E-state index contributed by atoms with van der Waals surface area (Å²) in [5, 5.41) is 3.06. The van der Waals surface area contributed by atoms with Crippen molar-refractivity contribution in [3.05, 3.63) is 65.6 Å². The van der Waals surface area contributed by atoms with Crippen LogP contribution in [0.15, 0.2) is 48.8 Å². The van der Waals surface area contributed by atoms with Gasteiger partial charge in [0.1, 0.15) is 17.1 Å². The summed E-state index contributed by atoms with van der Waals surface area (Å²) in [6.07, 6.45) is 4.46. The second-order valence-electron chi connectivity index (χ2n) is 5.80. The number of carbonyl (C=O) groups excluding carboxylic acids is 1. The highest BCUT2D eigenvalue weighted by atomic mass is 16.5. The zero-order valence-corrected chi connectivity index (χ0v) is 14.1. The van der Waals surface area contributed by atoms with Gasteiger partial charge in [-0.15, -0.1) is 0 Å². The minimum Gasteiger partial charge on any atom is -0.497 e. The molecule has 1 amide bonds. The van der Waals surface area contributed by atoms with Gasteiger partial charge in [0.2, 0.25) is 0 Å². The lowest BCUT2D eigenvalue weighted by molar-refractivity contribution is 0.0931. The molecular formula is C19H21N3O2. The number of nitrogens with one attached hydrogen (secondary N) is 1. The molecule has 0 fully saturated rings. The number of amides is 1. The maximum Gasteiger partial charge on any atom is 0.271 e. The monoisotopic (exact) mass is 323 g/mol. The highest BCUT2D eigenvalue weighted by Crippen LogP contribution is 2.20. The maximum absolute atomic E-state index is 12.6. The standard InChI is InChI=1S/C19H21N3O2/c1-4-16(14-5-7-15(24-3)8-6-14)21-19(23)17-12-22-10-9-13(2)11-18(22)20-17/h5-12,16H,4H2,1-3H3,(H,21,23)/t16-/m0/s1. The highest BCUT2D eigenvalue weighted by Gasteiger charge is 2.16. The molecule has 1 N–H and O–H groups in total. The van der Waals surface area contributed by atoms with Crippen molar-refractivity contribution in [3.8, 4) is 5.75 Å². The number of aryl methyl sites for hydroxylation is 1. The summed E-state index contributed by atoms with van der Waals surface area (Å²) in [6, 6.07) is 11.6. The van der Waals surface area contributed by atoms with Crippen LogP contribution in [0.5, 0.6) is 5.75 Å². The summed E-state index contributed by atoms with van der Waals surface area (Å²) >= 11 is 0. The van der Waals surface area contributed by atoms with Crippen molar-refractivity contribution >= 4 is 11.6 Å². The Morgan fingerprint density at radius 2 is 2.04 bits per heavy atom. The predicted octanol–water partition coefficient (Wildman–Crippen LogP) is 3.53. The van der Waals surface area contributed by atoms with Crippen LogP contribution in [0.4, 0.5) is 0 Å². The van der Waals surface area contributed by atoms with E-state index >= 15 is 0 Å². The number of hydrogen-bond acceptors (Lipinski definition) is 3. The zero-order valence-electron chi connectivity index (χ0n) is 14.1. The van der Waals surface area contributed by atoms with Crippen LogP contribution in [0, 0.1) is 6.92 Å². The van der Waals surface area contributed by atoms with Gasteiger partial charge in [0.05, 0.1) is 13.2 Å². The molecule has 0 aliphatic carbocycles. The van der Waals surface area contributed by atoms with E-state index < -0.39 is 0 Å². The van der Waals surface area contributed by atoms with E-state index in [9.17, 15) is 4.79 Å². The molecule has 2 heterocycles. The van der Waals surface area contributed by atoms with Gasteiger partial charge in [0.25, 0.3) is 5.91 Å². The van der Waals surface area contributed by atoms with Crippen molar-refractivity contribution in [1.29, 1.82) is 0 Å². The van der Waals surface area contributed by atoms with Gasteiger partial charge < -0.3 is 14.5 Å². The summed E-state index contributed by atoms with van der Waals surface area (Å²) < 4.78 is 7.03. The molecule has 5 heteroatoms. The number of hydrogen-bond donors (Lipinski definition) is 1. The molecule has 0 aliphatic rings. The molecule has 124 valence electrons. The number of fused-ring (bicyclic) bond motifs is 1. The Hall–Kier alpha value is -2.82. The minimum absolute atomic E-state index is 0.0602. The number of benzene rings is 1. The van der Waals surface area contributed by atoms with Crippen LogP contribution < -0.4 is 10.1 Å². The first-order chi connectivity index (χ1) is 11.6. The number of imidazole rings is 1. The van der Waals surface area contributed by atoms with E-state index in [0.29, 0.717) is 5.69 Å². The lowest BCUT2D eigenvalue weighted by Gasteiger charge is -2.17. The molecule has 3 rings (SSSR count). The molecule has 0 saturated heterocycles. The van der Waals surface area contributed by atoms with Gasteiger partial charge >= 0.3 is 0 Å². The number of methoxy groups -OCH3 is 1. The van der Waals surface area contributed by atoms with E-state index in [2.05, 4.69) is 10.3 Å². The average Bonchev–Trinajstić information content (AvgIpc) is 3.03. The van der Waals surface area contributed by atoms with Gasteiger partial charge in [0.15, 0.2) is 0 Å². The van der Waals surface area contributed by atoms with Crippen LogP contribution in [0.25, 0.3) is 5.65 Å². The van der Waals surface area contributed by atoms with E-state index in [1.165, 1.54) is 0 Å². The summed E-state index contributed by atoms with van der Waals surface area (Å²) in [5.41, 5.74) is 3.36. The molecule has 1 atom stereocenters. The summed E-state index contributed by atoms with van der Waals surface area (Å²) in [6.45, 7) is 4.05. The second-order valence-corrected chi connectivity index (χ2v) is 5.80. The third kappa shape index (κ3) is 3.25. The zero-order chi connectivity index (χ0) is 17.1. The fraction of sp³-hybridized carbons (Fsp3) is 0.263. The predicted molar refractivity (Wildman–Crippen MR) is 93.4 cm³/mol. The van der Waals surface area contributed by atoms with Gasteiger partial charge in [0, 0.05) is 12.4 Å². The van der Waals surface area contributed by atoms with E-state index in [0.717, 1.165) is 28.9 Å². The van der Waals surface area contributed by atoms with Crippen molar-refractivity contribution in [2.75, 3.05) is 7.11 Å². The Labute approximate surface area is 141 Å². The van der Waals surface area contributed by atoms with Crippen LogP contribution in [-0.4, -0.2) is 22.4 Å². The normalized spacial score (nSPS) is 12.1. The second kappa shape index (κ2) is 6.74. The average molecular weight is 323 g/mol. The Morgan fingerprint density at radius 3 is 2.71 bits per heavy atom. The van der Waals surface area contributed by atoms with Crippen molar-refractivity contribution < 1.29 is 9.53 Å². The Kier molecular flexibility index (Phi) is 4.51. The van der Waals surface area contributed by atoms with Crippen LogP contribution in [0.3, 0.4) is 0 Å². The first-order valence-electron chi connectivity index (χ1n) is 8.01. The van der Waals surface area contributed by atoms with E-state index in [1.807, 2.05) is 60.8 Å². The lowest BCUT2D eigenvalue weighted by Crippen LogP contribution is -2.28. The highest BCUT2D eigenvalue weighted by molar-refractivity contribution is 5.93. The van der Waals surface area contributed by atoms with Gasteiger partial charge in [-0.05, 0) is 48.7 Å². The molecule has 0 radical (unpaired) electrons. The van der Waals surface area contributed by atoms with Crippen molar-refractivity contribution in [2.24, 2.45) is 0 Å². The van der Waals surface area contributed by atoms with Crippen molar-refractivity contribution in [1.82, 2.24) is 14.7 Å². The van der Waals surface area contributed by atoms with Gasteiger partial charge in [-0.3, -0.25) is 4.79 Å². The Bertz CT molecular complexity index is 853. The third-order valence-electron chi connectivity index (χ3n) is 4.08. The van der Waals surface area contributed by atoms with Gasteiger partial charge in [-0.25, -0.2) is 4.98 Å². The molecule has 0 bridgehead atoms. The van der Waals surface area contributed by atoms with Crippen molar-refractivity contribution in [3.63, 3.8) is 0 Å². The number of carbonyl (C=O) groups is 1. The van der Waals surface area contributed by atoms with E-state index in [4.69, 9.17) is 4.74 Å². The molecule has 0 unspecified atom stereocenters. The van der Waals surface area contributed by atoms with Crippen LogP contribution >= 0.6 is 0 Å². The van der Waals surface area contributed by atoms with E-state index in [1.54, 1.807) is 13.3 Å². The molecule has 0 spiro atoms. The van der Waals surface area contributed by atoms with Crippen LogP contribution in [-0.2, 0) is 0 Å². The summed E-state index contributed by atoms with van der Waals surface area (Å²) in [4.78, 5) is 17.0. The van der Waals surface area contributed by atoms with E-state index in [-0.39, 0.29) is 11.9 Å². The third-order valence-corrected chi connectivity index (χ3v) is 4.08. The topological polar surface area (TPSA) is 55.6 Å². The Balaban J connectivity index is 1.79. The quantitative estimate of drug-likeness (QED) is 0.781. The minimum atomic E-state index is -0.168. The number of ether oxygens (including phenoxy) is 1. The molecule has 5 nitrogen and oxygen atoms in total. The number of rotatable bonds is 5. The first-order valence-corrected chi connectivity index (χ1v) is 8.01. The lowest BCUT2D eigenvalue weighted by atomic mass is 10.0. The molecule has 3 aromatic rings. The summed E-state index contributed by atoms with van der Waals surface area (Å²) in [7, 11) is 1.64. The largest absolute Gasteiger partial charge is 0.497 e. The van der Waals surface area contributed by atoms with Gasteiger partial charge in [-0.2, -0.15) is 0 Å². The molecule has 2 aromatic heterocycles. The van der Waals surface area contributed by atoms with Crippen LogP contribution in [0.2, 0.25) is 0 Å². The van der Waals surface area contributed by atoms with Crippen molar-refractivity contribution in [2.45, 2.75) is 26.3 Å².